The number of aryl methyl sites for hydroxylation is 1. The quantitative estimate of drug-likeness (QED) is 0.879. The van der Waals surface area contributed by atoms with Crippen molar-refractivity contribution in [3.63, 3.8) is 0 Å². The predicted molar refractivity (Wildman–Crippen MR) is 75.7 cm³/mol. The topological polar surface area (TPSA) is 15.3 Å². The van der Waals surface area contributed by atoms with E-state index < -0.39 is 0 Å². The summed E-state index contributed by atoms with van der Waals surface area (Å²) in [6, 6.07) is 9.82. The lowest BCUT2D eigenvalue weighted by Gasteiger charge is -2.43. The zero-order valence-electron chi connectivity index (χ0n) is 11.4. The lowest BCUT2D eigenvalue weighted by atomic mass is 9.76. The van der Waals surface area contributed by atoms with Crippen LogP contribution in [-0.4, -0.2) is 31.1 Å². The van der Waals surface area contributed by atoms with Crippen LogP contribution in [0.5, 0.6) is 0 Å². The van der Waals surface area contributed by atoms with Crippen molar-refractivity contribution in [3.05, 3.63) is 35.4 Å². The third kappa shape index (κ3) is 2.45. The molecule has 1 atom stereocenters. The molecule has 3 rings (SSSR count). The summed E-state index contributed by atoms with van der Waals surface area (Å²) in [5.41, 5.74) is 2.94. The molecule has 0 bridgehead atoms. The van der Waals surface area contributed by atoms with E-state index in [1.54, 1.807) is 5.56 Å². The summed E-state index contributed by atoms with van der Waals surface area (Å²) in [6.45, 7) is 6.91. The van der Waals surface area contributed by atoms with Gasteiger partial charge in [0.2, 0.25) is 0 Å². The van der Waals surface area contributed by atoms with Gasteiger partial charge in [-0.1, -0.05) is 36.2 Å². The number of nitrogens with one attached hydrogen (secondary N) is 1. The van der Waals surface area contributed by atoms with E-state index in [0.717, 1.165) is 19.0 Å². The molecule has 2 fully saturated rings. The molecule has 1 saturated carbocycles. The molecule has 1 aromatic carbocycles. The first-order valence-corrected chi connectivity index (χ1v) is 7.36. The van der Waals surface area contributed by atoms with Crippen LogP contribution in [0.2, 0.25) is 0 Å². The van der Waals surface area contributed by atoms with Crippen LogP contribution in [0, 0.1) is 12.8 Å². The fourth-order valence-corrected chi connectivity index (χ4v) is 3.35. The number of nitrogens with zero attached hydrogens (tertiary/aromatic N) is 1. The highest BCUT2D eigenvalue weighted by Crippen LogP contribution is 2.41. The Hall–Kier alpha value is -0.860. The number of benzene rings is 1. The third-order valence-electron chi connectivity index (χ3n) is 4.52. The van der Waals surface area contributed by atoms with Gasteiger partial charge in [0.1, 0.15) is 0 Å². The maximum absolute atomic E-state index is 3.47. The highest BCUT2D eigenvalue weighted by atomic mass is 15.2. The molecule has 1 heterocycles. The van der Waals surface area contributed by atoms with E-state index >= 15 is 0 Å². The molecule has 98 valence electrons. The smallest absolute Gasteiger partial charge is 0.0377 e. The summed E-state index contributed by atoms with van der Waals surface area (Å²) in [5, 5.41) is 3.47. The molecule has 1 aliphatic heterocycles. The van der Waals surface area contributed by atoms with Crippen molar-refractivity contribution in [3.8, 4) is 0 Å². The molecular formula is C16H24N2. The van der Waals surface area contributed by atoms with Gasteiger partial charge in [-0.05, 0) is 31.2 Å². The summed E-state index contributed by atoms with van der Waals surface area (Å²) >= 11 is 0. The van der Waals surface area contributed by atoms with Gasteiger partial charge in [0.05, 0.1) is 0 Å². The van der Waals surface area contributed by atoms with Crippen molar-refractivity contribution >= 4 is 0 Å². The molecule has 2 nitrogen and oxygen atoms in total. The van der Waals surface area contributed by atoms with Crippen LogP contribution in [0.15, 0.2) is 24.3 Å². The van der Waals surface area contributed by atoms with Gasteiger partial charge in [0.25, 0.3) is 0 Å². The highest BCUT2D eigenvalue weighted by molar-refractivity contribution is 5.26. The molecule has 0 unspecified atom stereocenters. The normalized spacial score (nSPS) is 23.6. The van der Waals surface area contributed by atoms with Gasteiger partial charge < -0.3 is 5.32 Å². The minimum Gasteiger partial charge on any atom is -0.314 e. The van der Waals surface area contributed by atoms with Gasteiger partial charge in [-0.3, -0.25) is 4.90 Å². The number of hydrogen-bond donors (Lipinski definition) is 1. The van der Waals surface area contributed by atoms with Crippen LogP contribution in [-0.2, 0) is 0 Å². The minimum atomic E-state index is 0.667. The maximum atomic E-state index is 3.47. The van der Waals surface area contributed by atoms with Gasteiger partial charge in [-0.15, -0.1) is 0 Å². The Bertz CT molecular complexity index is 392. The first-order valence-electron chi connectivity index (χ1n) is 7.36. The molecule has 0 amide bonds. The second kappa shape index (κ2) is 5.41. The SMILES string of the molecule is Cc1cccc([C@H](C2CCC2)N2CCNCC2)c1. The molecule has 2 aliphatic rings. The van der Waals surface area contributed by atoms with Gasteiger partial charge in [-0.25, -0.2) is 0 Å². The fraction of sp³-hybridized carbons (Fsp3) is 0.625. The molecule has 0 spiro atoms. The number of hydrogen-bond acceptors (Lipinski definition) is 2. The zero-order chi connectivity index (χ0) is 12.4. The van der Waals surface area contributed by atoms with Gasteiger partial charge in [0, 0.05) is 32.2 Å². The van der Waals surface area contributed by atoms with Crippen LogP contribution in [0.4, 0.5) is 0 Å². The molecular weight excluding hydrogens is 220 g/mol. The van der Waals surface area contributed by atoms with Gasteiger partial charge in [-0.2, -0.15) is 0 Å². The van der Waals surface area contributed by atoms with Crippen LogP contribution in [0.3, 0.4) is 0 Å². The van der Waals surface area contributed by atoms with Crippen molar-refractivity contribution in [2.75, 3.05) is 26.2 Å². The molecule has 0 aromatic heterocycles. The van der Waals surface area contributed by atoms with E-state index in [0.29, 0.717) is 6.04 Å². The van der Waals surface area contributed by atoms with E-state index in [4.69, 9.17) is 0 Å². The lowest BCUT2D eigenvalue weighted by Crippen LogP contribution is -2.47. The molecule has 0 radical (unpaired) electrons. The van der Waals surface area contributed by atoms with Gasteiger partial charge in [0.15, 0.2) is 0 Å². The summed E-state index contributed by atoms with van der Waals surface area (Å²) in [6.07, 6.45) is 4.27. The first-order chi connectivity index (χ1) is 8.84. The summed E-state index contributed by atoms with van der Waals surface area (Å²) < 4.78 is 0. The maximum Gasteiger partial charge on any atom is 0.0377 e. The van der Waals surface area contributed by atoms with E-state index in [1.165, 1.54) is 37.9 Å². The molecule has 1 aliphatic carbocycles. The number of rotatable bonds is 3. The average molecular weight is 244 g/mol. The monoisotopic (exact) mass is 244 g/mol. The van der Waals surface area contributed by atoms with Crippen LogP contribution >= 0.6 is 0 Å². The Labute approximate surface area is 110 Å². The second-order valence-electron chi connectivity index (χ2n) is 5.84. The van der Waals surface area contributed by atoms with E-state index in [2.05, 4.69) is 41.4 Å². The minimum absolute atomic E-state index is 0.667. The van der Waals surface area contributed by atoms with Crippen molar-refractivity contribution in [2.24, 2.45) is 5.92 Å². The second-order valence-corrected chi connectivity index (χ2v) is 5.84. The van der Waals surface area contributed by atoms with Crippen LogP contribution in [0.25, 0.3) is 0 Å². The van der Waals surface area contributed by atoms with Crippen molar-refractivity contribution in [1.29, 1.82) is 0 Å². The fourth-order valence-electron chi connectivity index (χ4n) is 3.35. The van der Waals surface area contributed by atoms with Crippen molar-refractivity contribution < 1.29 is 0 Å². The Kier molecular flexibility index (Phi) is 3.67. The number of piperazine rings is 1. The van der Waals surface area contributed by atoms with Crippen molar-refractivity contribution in [2.45, 2.75) is 32.2 Å². The van der Waals surface area contributed by atoms with Crippen LogP contribution < -0.4 is 5.32 Å². The Morgan fingerprint density at radius 3 is 2.61 bits per heavy atom. The Morgan fingerprint density at radius 1 is 1.22 bits per heavy atom. The predicted octanol–water partition coefficient (Wildman–Crippen LogP) is 2.74. The Balaban J connectivity index is 1.84. The summed E-state index contributed by atoms with van der Waals surface area (Å²) in [7, 11) is 0. The van der Waals surface area contributed by atoms with Crippen LogP contribution in [0.1, 0.15) is 36.4 Å². The molecule has 1 N–H and O–H groups in total. The van der Waals surface area contributed by atoms with E-state index in [1.807, 2.05) is 0 Å². The molecule has 2 heteroatoms. The van der Waals surface area contributed by atoms with Gasteiger partial charge >= 0.3 is 0 Å². The highest BCUT2D eigenvalue weighted by Gasteiger charge is 2.33. The lowest BCUT2D eigenvalue weighted by molar-refractivity contribution is 0.0837. The first kappa shape index (κ1) is 12.2. The zero-order valence-corrected chi connectivity index (χ0v) is 11.4. The van der Waals surface area contributed by atoms with E-state index in [-0.39, 0.29) is 0 Å². The molecule has 18 heavy (non-hydrogen) atoms. The molecule has 1 saturated heterocycles. The third-order valence-corrected chi connectivity index (χ3v) is 4.52. The largest absolute Gasteiger partial charge is 0.314 e. The van der Waals surface area contributed by atoms with E-state index in [9.17, 15) is 0 Å². The Morgan fingerprint density at radius 2 is 2.00 bits per heavy atom. The summed E-state index contributed by atoms with van der Waals surface area (Å²) in [4.78, 5) is 2.70. The summed E-state index contributed by atoms with van der Waals surface area (Å²) in [5.74, 6) is 0.893. The molecule has 1 aromatic rings. The van der Waals surface area contributed by atoms with Crippen molar-refractivity contribution in [1.82, 2.24) is 10.2 Å². The average Bonchev–Trinajstić information content (AvgIpc) is 2.34. The standard InChI is InChI=1S/C16H24N2/c1-13-4-2-7-15(12-13)16(14-5-3-6-14)18-10-8-17-9-11-18/h2,4,7,12,14,16-17H,3,5-6,8-11H2,1H3/t16-/m0/s1.